The van der Waals surface area contributed by atoms with E-state index in [9.17, 15) is 10.1 Å². The van der Waals surface area contributed by atoms with E-state index in [-0.39, 0.29) is 12.5 Å². The van der Waals surface area contributed by atoms with E-state index in [1.165, 1.54) is 7.11 Å². The number of carbonyl (C=O) groups excluding carboxylic acids is 1. The summed E-state index contributed by atoms with van der Waals surface area (Å²) >= 11 is 5.99. The van der Waals surface area contributed by atoms with Crippen LogP contribution in [0.3, 0.4) is 0 Å². The van der Waals surface area contributed by atoms with Crippen LogP contribution in [0, 0.1) is 25.2 Å². The number of anilines is 1. The number of nitrogens with one attached hydrogen (secondary N) is 2. The van der Waals surface area contributed by atoms with Crippen molar-refractivity contribution in [3.63, 3.8) is 0 Å². The van der Waals surface area contributed by atoms with Crippen LogP contribution in [0.4, 0.5) is 5.69 Å². The molecule has 1 heterocycles. The van der Waals surface area contributed by atoms with Gasteiger partial charge in [-0.1, -0.05) is 23.7 Å². The van der Waals surface area contributed by atoms with Crippen molar-refractivity contribution in [1.82, 2.24) is 9.97 Å². The van der Waals surface area contributed by atoms with Gasteiger partial charge in [0.25, 0.3) is 5.91 Å². The molecule has 0 aliphatic heterocycles. The van der Waals surface area contributed by atoms with E-state index >= 15 is 0 Å². The van der Waals surface area contributed by atoms with Crippen LogP contribution in [0.2, 0.25) is 5.02 Å². The van der Waals surface area contributed by atoms with Gasteiger partial charge in [0.1, 0.15) is 23.4 Å². The summed E-state index contributed by atoms with van der Waals surface area (Å²) < 4.78 is 10.8. The zero-order valence-corrected chi connectivity index (χ0v) is 20.2. The van der Waals surface area contributed by atoms with Gasteiger partial charge in [0.05, 0.1) is 29.4 Å². The van der Waals surface area contributed by atoms with Crippen LogP contribution in [0.5, 0.6) is 11.5 Å². The number of methoxy groups -OCH3 is 1. The molecule has 3 aromatic carbocycles. The lowest BCUT2D eigenvalue weighted by atomic mass is 10.1. The summed E-state index contributed by atoms with van der Waals surface area (Å²) in [5, 5.41) is 12.9. The molecule has 0 radical (unpaired) electrons. The van der Waals surface area contributed by atoms with Crippen molar-refractivity contribution < 1.29 is 14.3 Å². The first kappa shape index (κ1) is 23.9. The molecule has 8 heteroatoms. The van der Waals surface area contributed by atoms with E-state index in [0.717, 1.165) is 27.7 Å². The smallest absolute Gasteiger partial charge is 0.262 e. The van der Waals surface area contributed by atoms with Crippen LogP contribution in [0.1, 0.15) is 22.5 Å². The molecule has 0 spiro atoms. The maximum absolute atomic E-state index is 12.3. The number of halogens is 1. The molecule has 0 atom stereocenters. The highest BCUT2D eigenvalue weighted by atomic mass is 35.5. The number of hydrogen-bond donors (Lipinski definition) is 2. The maximum atomic E-state index is 12.3. The predicted molar refractivity (Wildman–Crippen MR) is 138 cm³/mol. The molecule has 35 heavy (non-hydrogen) atoms. The standard InChI is InChI=1S/C27H23ClN4O3/c1-16-10-22-23(11-17(16)2)32-27(31-22)19(14-29)12-18-4-7-21(8-5-18)35-15-26(33)30-24-13-20(28)6-9-25(24)34-3/h4-13H,15H2,1-3H3,(H,30,33)(H,31,32)/b19-12+. The maximum Gasteiger partial charge on any atom is 0.262 e. The number of nitrogens with zero attached hydrogens (tertiary/aromatic N) is 2. The molecule has 0 fully saturated rings. The van der Waals surface area contributed by atoms with Crippen LogP contribution in [0.15, 0.2) is 54.6 Å². The molecule has 0 unspecified atom stereocenters. The molecule has 176 valence electrons. The first-order valence-corrected chi connectivity index (χ1v) is 11.2. The fourth-order valence-electron chi connectivity index (χ4n) is 3.49. The third-order valence-corrected chi connectivity index (χ3v) is 5.70. The molecule has 1 aromatic heterocycles. The lowest BCUT2D eigenvalue weighted by molar-refractivity contribution is -0.118. The number of hydrogen-bond acceptors (Lipinski definition) is 5. The molecule has 4 rings (SSSR count). The third-order valence-electron chi connectivity index (χ3n) is 5.47. The minimum absolute atomic E-state index is 0.188. The number of rotatable bonds is 7. The lowest BCUT2D eigenvalue weighted by Crippen LogP contribution is -2.20. The normalized spacial score (nSPS) is 11.2. The molecule has 4 aromatic rings. The highest BCUT2D eigenvalue weighted by Crippen LogP contribution is 2.28. The van der Waals surface area contributed by atoms with Gasteiger partial charge in [-0.2, -0.15) is 5.26 Å². The molecule has 0 aliphatic rings. The molecule has 2 N–H and O–H groups in total. The van der Waals surface area contributed by atoms with E-state index in [1.54, 1.807) is 36.4 Å². The summed E-state index contributed by atoms with van der Waals surface area (Å²) in [6, 6.07) is 18.3. The Balaban J connectivity index is 1.42. The first-order valence-electron chi connectivity index (χ1n) is 10.8. The second-order valence-corrected chi connectivity index (χ2v) is 8.40. The van der Waals surface area contributed by atoms with E-state index < -0.39 is 0 Å². The molecular weight excluding hydrogens is 464 g/mol. The molecule has 0 saturated heterocycles. The number of aromatic amines is 1. The Morgan fingerprint density at radius 2 is 1.89 bits per heavy atom. The Hall–Kier alpha value is -4.28. The van der Waals surface area contributed by atoms with E-state index in [2.05, 4.69) is 21.4 Å². The number of ether oxygens (including phenoxy) is 2. The topological polar surface area (TPSA) is 100 Å². The van der Waals surface area contributed by atoms with Crippen LogP contribution in [-0.4, -0.2) is 29.6 Å². The molecular formula is C27H23ClN4O3. The summed E-state index contributed by atoms with van der Waals surface area (Å²) in [5.41, 5.74) is 5.70. The Bertz CT molecular complexity index is 1430. The third kappa shape index (κ3) is 5.62. The Kier molecular flexibility index (Phi) is 7.04. The molecule has 0 aliphatic carbocycles. The van der Waals surface area contributed by atoms with Crippen LogP contribution in [-0.2, 0) is 4.79 Å². The predicted octanol–water partition coefficient (Wildman–Crippen LogP) is 5.92. The second-order valence-electron chi connectivity index (χ2n) is 7.96. The number of nitriles is 1. The first-order chi connectivity index (χ1) is 16.9. The highest BCUT2D eigenvalue weighted by Gasteiger charge is 2.11. The van der Waals surface area contributed by atoms with Crippen molar-refractivity contribution in [3.05, 3.63) is 82.1 Å². The van der Waals surface area contributed by atoms with Gasteiger partial charge in [0.2, 0.25) is 0 Å². The minimum atomic E-state index is -0.350. The van der Waals surface area contributed by atoms with Crippen molar-refractivity contribution >= 4 is 45.9 Å². The lowest BCUT2D eigenvalue weighted by Gasteiger charge is -2.11. The SMILES string of the molecule is COc1ccc(Cl)cc1NC(=O)COc1ccc(/C=C(\C#N)c2nc3cc(C)c(C)cc3[nH]2)cc1. The summed E-state index contributed by atoms with van der Waals surface area (Å²) in [5.74, 6) is 1.18. The summed E-state index contributed by atoms with van der Waals surface area (Å²) in [6.45, 7) is 3.88. The van der Waals surface area contributed by atoms with Gasteiger partial charge in [-0.15, -0.1) is 0 Å². The van der Waals surface area contributed by atoms with Crippen molar-refractivity contribution in [2.24, 2.45) is 0 Å². The van der Waals surface area contributed by atoms with Gasteiger partial charge < -0.3 is 19.8 Å². The van der Waals surface area contributed by atoms with Crippen LogP contribution >= 0.6 is 11.6 Å². The average Bonchev–Trinajstić information content (AvgIpc) is 3.24. The van der Waals surface area contributed by atoms with Crippen LogP contribution < -0.4 is 14.8 Å². The fourth-order valence-corrected chi connectivity index (χ4v) is 3.66. The van der Waals surface area contributed by atoms with Gasteiger partial charge in [-0.05, 0) is 79.1 Å². The largest absolute Gasteiger partial charge is 0.495 e. The Morgan fingerprint density at radius 1 is 1.14 bits per heavy atom. The number of allylic oxidation sites excluding steroid dienone is 1. The van der Waals surface area contributed by atoms with Crippen molar-refractivity contribution in [2.45, 2.75) is 13.8 Å². The monoisotopic (exact) mass is 486 g/mol. The molecule has 7 nitrogen and oxygen atoms in total. The fraction of sp³-hybridized carbons (Fsp3) is 0.148. The van der Waals surface area contributed by atoms with E-state index in [1.807, 2.05) is 38.1 Å². The van der Waals surface area contributed by atoms with Crippen molar-refractivity contribution in [1.29, 1.82) is 5.26 Å². The summed E-state index contributed by atoms with van der Waals surface area (Å²) in [7, 11) is 1.51. The number of fused-ring (bicyclic) bond motifs is 1. The number of amides is 1. The number of aryl methyl sites for hydroxylation is 2. The Morgan fingerprint density at radius 3 is 2.60 bits per heavy atom. The molecule has 0 bridgehead atoms. The minimum Gasteiger partial charge on any atom is -0.495 e. The summed E-state index contributed by atoms with van der Waals surface area (Å²) in [4.78, 5) is 20.1. The Labute approximate surface area is 208 Å². The van der Waals surface area contributed by atoms with Gasteiger partial charge in [0.15, 0.2) is 6.61 Å². The van der Waals surface area contributed by atoms with E-state index in [0.29, 0.717) is 33.6 Å². The van der Waals surface area contributed by atoms with Crippen LogP contribution in [0.25, 0.3) is 22.7 Å². The zero-order valence-electron chi connectivity index (χ0n) is 19.5. The van der Waals surface area contributed by atoms with E-state index in [4.69, 9.17) is 21.1 Å². The number of H-pyrrole nitrogens is 1. The van der Waals surface area contributed by atoms with Gasteiger partial charge in [0, 0.05) is 5.02 Å². The van der Waals surface area contributed by atoms with Crippen molar-refractivity contribution in [3.8, 4) is 17.6 Å². The number of benzene rings is 3. The highest BCUT2D eigenvalue weighted by molar-refractivity contribution is 6.31. The summed E-state index contributed by atoms with van der Waals surface area (Å²) in [6.07, 6.45) is 1.75. The average molecular weight is 487 g/mol. The van der Waals surface area contributed by atoms with Gasteiger partial charge in [-0.25, -0.2) is 4.98 Å². The quantitative estimate of drug-likeness (QED) is 0.316. The number of imidazole rings is 1. The zero-order chi connectivity index (χ0) is 24.9. The number of carbonyl (C=O) groups is 1. The molecule has 0 saturated carbocycles. The van der Waals surface area contributed by atoms with Gasteiger partial charge >= 0.3 is 0 Å². The van der Waals surface area contributed by atoms with Gasteiger partial charge in [-0.3, -0.25) is 4.79 Å². The molecule has 1 amide bonds. The van der Waals surface area contributed by atoms with Crippen molar-refractivity contribution in [2.75, 3.05) is 19.0 Å². The number of aromatic nitrogens is 2. The second kappa shape index (κ2) is 10.3.